The third-order valence-electron chi connectivity index (χ3n) is 3.05. The van der Waals surface area contributed by atoms with Crippen LogP contribution in [0.1, 0.15) is 22.6 Å². The van der Waals surface area contributed by atoms with E-state index in [0.717, 1.165) is 23.4 Å². The van der Waals surface area contributed by atoms with Crippen LogP contribution >= 0.6 is 0 Å². The van der Waals surface area contributed by atoms with Gasteiger partial charge in [0.1, 0.15) is 5.76 Å². The average molecular weight is 270 g/mol. The van der Waals surface area contributed by atoms with E-state index in [4.69, 9.17) is 4.52 Å². The fourth-order valence-corrected chi connectivity index (χ4v) is 1.92. The molecule has 0 radical (unpaired) electrons. The predicted molar refractivity (Wildman–Crippen MR) is 78.2 cm³/mol. The van der Waals surface area contributed by atoms with Gasteiger partial charge >= 0.3 is 0 Å². The number of hydrogen-bond donors (Lipinski definition) is 1. The highest BCUT2D eigenvalue weighted by molar-refractivity contribution is 5.91. The number of rotatable bonds is 5. The maximum Gasteiger partial charge on any atom is 0.244 e. The topological polar surface area (TPSA) is 55.1 Å². The number of benzene rings is 1. The summed E-state index contributed by atoms with van der Waals surface area (Å²) in [6.07, 6.45) is 4.07. The van der Waals surface area contributed by atoms with Gasteiger partial charge in [0.05, 0.1) is 5.69 Å². The zero-order valence-electron chi connectivity index (χ0n) is 11.7. The van der Waals surface area contributed by atoms with E-state index >= 15 is 0 Å². The Morgan fingerprint density at radius 3 is 2.70 bits per heavy atom. The van der Waals surface area contributed by atoms with Crippen molar-refractivity contribution in [2.24, 2.45) is 0 Å². The summed E-state index contributed by atoms with van der Waals surface area (Å²) in [7, 11) is 0. The maximum atomic E-state index is 11.7. The van der Waals surface area contributed by atoms with Gasteiger partial charge in [0, 0.05) is 18.2 Å². The molecule has 1 heterocycles. The lowest BCUT2D eigenvalue weighted by molar-refractivity contribution is -0.116. The standard InChI is InChI=1S/C16H18N2O2/c1-12-15(13(2)20-18-12)8-9-16(19)17-11-10-14-6-4-3-5-7-14/h3-9H,10-11H2,1-2H3,(H,17,19)/b9-8+. The summed E-state index contributed by atoms with van der Waals surface area (Å²) < 4.78 is 5.03. The molecule has 4 heteroatoms. The molecular weight excluding hydrogens is 252 g/mol. The second-order valence-corrected chi connectivity index (χ2v) is 4.60. The summed E-state index contributed by atoms with van der Waals surface area (Å²) in [4.78, 5) is 11.7. The van der Waals surface area contributed by atoms with Crippen molar-refractivity contribution in [1.29, 1.82) is 0 Å². The summed E-state index contributed by atoms with van der Waals surface area (Å²) in [5.74, 6) is 0.608. The second-order valence-electron chi connectivity index (χ2n) is 4.60. The van der Waals surface area contributed by atoms with Crippen molar-refractivity contribution < 1.29 is 9.32 Å². The Balaban J connectivity index is 1.81. The minimum Gasteiger partial charge on any atom is -0.361 e. The Labute approximate surface area is 118 Å². The number of hydrogen-bond acceptors (Lipinski definition) is 3. The zero-order chi connectivity index (χ0) is 14.4. The molecule has 1 amide bonds. The molecule has 0 unspecified atom stereocenters. The zero-order valence-corrected chi connectivity index (χ0v) is 11.7. The van der Waals surface area contributed by atoms with E-state index < -0.39 is 0 Å². The first-order chi connectivity index (χ1) is 9.66. The minimum absolute atomic E-state index is 0.110. The molecule has 0 spiro atoms. The molecule has 4 nitrogen and oxygen atoms in total. The van der Waals surface area contributed by atoms with Crippen molar-refractivity contribution in [1.82, 2.24) is 10.5 Å². The van der Waals surface area contributed by atoms with Gasteiger partial charge in [-0.25, -0.2) is 0 Å². The van der Waals surface area contributed by atoms with Gasteiger partial charge in [-0.3, -0.25) is 4.79 Å². The number of amides is 1. The average Bonchev–Trinajstić information content (AvgIpc) is 2.77. The summed E-state index contributed by atoms with van der Waals surface area (Å²) in [6.45, 7) is 4.30. The van der Waals surface area contributed by atoms with Crippen LogP contribution in [0.3, 0.4) is 0 Å². The van der Waals surface area contributed by atoms with E-state index in [-0.39, 0.29) is 5.91 Å². The lowest BCUT2D eigenvalue weighted by atomic mass is 10.1. The Morgan fingerprint density at radius 1 is 1.30 bits per heavy atom. The normalized spacial score (nSPS) is 10.9. The molecule has 0 aliphatic carbocycles. The van der Waals surface area contributed by atoms with Gasteiger partial charge in [0.25, 0.3) is 0 Å². The van der Waals surface area contributed by atoms with Gasteiger partial charge in [0.15, 0.2) is 0 Å². The van der Waals surface area contributed by atoms with Crippen LogP contribution in [0.4, 0.5) is 0 Å². The first kappa shape index (κ1) is 14.1. The van der Waals surface area contributed by atoms with Crippen LogP contribution in [0.15, 0.2) is 40.9 Å². The van der Waals surface area contributed by atoms with Gasteiger partial charge in [-0.2, -0.15) is 0 Å². The van der Waals surface area contributed by atoms with Crippen molar-refractivity contribution in [3.05, 3.63) is 59.0 Å². The molecule has 0 atom stereocenters. The smallest absolute Gasteiger partial charge is 0.244 e. The molecule has 104 valence electrons. The van der Waals surface area contributed by atoms with E-state index in [1.807, 2.05) is 44.2 Å². The number of aromatic nitrogens is 1. The van der Waals surface area contributed by atoms with Crippen LogP contribution in [0.2, 0.25) is 0 Å². The summed E-state index contributed by atoms with van der Waals surface area (Å²) in [5, 5.41) is 6.69. The van der Waals surface area contributed by atoms with Crippen LogP contribution in [-0.2, 0) is 11.2 Å². The highest BCUT2D eigenvalue weighted by Gasteiger charge is 2.05. The Kier molecular flexibility index (Phi) is 4.71. The lowest BCUT2D eigenvalue weighted by Gasteiger charge is -2.02. The molecule has 0 aliphatic heterocycles. The van der Waals surface area contributed by atoms with Crippen molar-refractivity contribution in [2.75, 3.05) is 6.54 Å². The van der Waals surface area contributed by atoms with Crippen LogP contribution in [0.25, 0.3) is 6.08 Å². The first-order valence-electron chi connectivity index (χ1n) is 6.59. The molecule has 1 aromatic heterocycles. The van der Waals surface area contributed by atoms with Crippen molar-refractivity contribution >= 4 is 12.0 Å². The molecule has 1 aromatic carbocycles. The molecule has 20 heavy (non-hydrogen) atoms. The van der Waals surface area contributed by atoms with Crippen molar-refractivity contribution in [3.8, 4) is 0 Å². The molecule has 0 fully saturated rings. The van der Waals surface area contributed by atoms with Crippen molar-refractivity contribution in [3.63, 3.8) is 0 Å². The van der Waals surface area contributed by atoms with Crippen LogP contribution in [0.5, 0.6) is 0 Å². The fourth-order valence-electron chi connectivity index (χ4n) is 1.92. The Hall–Kier alpha value is -2.36. The Morgan fingerprint density at radius 2 is 2.05 bits per heavy atom. The molecular formula is C16H18N2O2. The molecule has 0 bridgehead atoms. The predicted octanol–water partition coefficient (Wildman–Crippen LogP) is 2.66. The van der Waals surface area contributed by atoms with Crippen LogP contribution in [-0.4, -0.2) is 17.6 Å². The largest absolute Gasteiger partial charge is 0.361 e. The molecule has 0 saturated carbocycles. The SMILES string of the molecule is Cc1noc(C)c1/C=C/C(=O)NCCc1ccccc1. The third kappa shape index (κ3) is 3.82. The monoisotopic (exact) mass is 270 g/mol. The van der Waals surface area contributed by atoms with Gasteiger partial charge in [0.2, 0.25) is 5.91 Å². The van der Waals surface area contributed by atoms with E-state index in [1.165, 1.54) is 11.6 Å². The highest BCUT2D eigenvalue weighted by atomic mass is 16.5. The van der Waals surface area contributed by atoms with Gasteiger partial charge in [-0.1, -0.05) is 35.5 Å². The van der Waals surface area contributed by atoms with E-state index in [1.54, 1.807) is 6.08 Å². The quantitative estimate of drug-likeness (QED) is 0.850. The lowest BCUT2D eigenvalue weighted by Crippen LogP contribution is -2.23. The van der Waals surface area contributed by atoms with E-state index in [2.05, 4.69) is 10.5 Å². The van der Waals surface area contributed by atoms with Crippen LogP contribution in [0, 0.1) is 13.8 Å². The van der Waals surface area contributed by atoms with E-state index in [0.29, 0.717) is 6.54 Å². The van der Waals surface area contributed by atoms with Crippen molar-refractivity contribution in [2.45, 2.75) is 20.3 Å². The second kappa shape index (κ2) is 6.70. The number of aryl methyl sites for hydroxylation is 2. The number of nitrogens with one attached hydrogen (secondary N) is 1. The Bertz CT molecular complexity index is 581. The number of carbonyl (C=O) groups excluding carboxylic acids is 1. The third-order valence-corrected chi connectivity index (χ3v) is 3.05. The summed E-state index contributed by atoms with van der Waals surface area (Å²) in [6, 6.07) is 10.1. The van der Waals surface area contributed by atoms with Gasteiger partial charge in [-0.05, 0) is 31.9 Å². The van der Waals surface area contributed by atoms with Gasteiger partial charge in [-0.15, -0.1) is 0 Å². The minimum atomic E-state index is -0.110. The molecule has 0 saturated heterocycles. The fraction of sp³-hybridized carbons (Fsp3) is 0.250. The van der Waals surface area contributed by atoms with Crippen LogP contribution < -0.4 is 5.32 Å². The summed E-state index contributed by atoms with van der Waals surface area (Å²) >= 11 is 0. The maximum absolute atomic E-state index is 11.7. The molecule has 0 aliphatic rings. The molecule has 2 aromatic rings. The number of nitrogens with zero attached hydrogens (tertiary/aromatic N) is 1. The molecule has 2 rings (SSSR count). The number of carbonyl (C=O) groups is 1. The summed E-state index contributed by atoms with van der Waals surface area (Å²) in [5.41, 5.74) is 2.86. The van der Waals surface area contributed by atoms with Gasteiger partial charge < -0.3 is 9.84 Å². The first-order valence-corrected chi connectivity index (χ1v) is 6.59. The highest BCUT2D eigenvalue weighted by Crippen LogP contribution is 2.13. The molecule has 1 N–H and O–H groups in total. The van der Waals surface area contributed by atoms with E-state index in [9.17, 15) is 4.79 Å².